The number of aromatic nitrogens is 2. The van der Waals surface area contributed by atoms with Crippen molar-refractivity contribution in [3.05, 3.63) is 49.1 Å². The van der Waals surface area contributed by atoms with E-state index in [1.54, 1.807) is 24.8 Å². The van der Waals surface area contributed by atoms with E-state index in [9.17, 15) is 19.2 Å². The van der Waals surface area contributed by atoms with E-state index in [0.717, 1.165) is 0 Å². The van der Waals surface area contributed by atoms with E-state index in [0.29, 0.717) is 0 Å². The van der Waals surface area contributed by atoms with Crippen LogP contribution in [0, 0.1) is 23.7 Å². The molecule has 0 unspecified atom stereocenters. The van der Waals surface area contributed by atoms with Gasteiger partial charge in [0.2, 0.25) is 0 Å². The maximum absolute atomic E-state index is 10.9. The SMILES string of the molecule is O=C(O)[C@H]1C[C@@H](C(=O)O)[C@@H](C(=O)O)C[C@H]1C(=O)O.c1cc(-c2ccncc2)ccn1. The summed E-state index contributed by atoms with van der Waals surface area (Å²) >= 11 is 0. The molecule has 0 radical (unpaired) electrons. The minimum absolute atomic E-state index is 0.487. The molecular formula is C20H20N2O8. The number of hydrogen-bond donors (Lipinski definition) is 4. The monoisotopic (exact) mass is 416 g/mol. The molecule has 10 nitrogen and oxygen atoms in total. The van der Waals surface area contributed by atoms with E-state index in [2.05, 4.69) is 9.97 Å². The second kappa shape index (κ2) is 10.1. The Balaban J connectivity index is 0.000000230. The van der Waals surface area contributed by atoms with Crippen LogP contribution in [-0.4, -0.2) is 54.3 Å². The van der Waals surface area contributed by atoms with Crippen LogP contribution in [0.25, 0.3) is 11.1 Å². The van der Waals surface area contributed by atoms with Gasteiger partial charge < -0.3 is 20.4 Å². The minimum atomic E-state index is -1.42. The highest BCUT2D eigenvalue weighted by atomic mass is 16.4. The van der Waals surface area contributed by atoms with E-state index in [1.807, 2.05) is 24.3 Å². The maximum Gasteiger partial charge on any atom is 0.307 e. The molecule has 0 aliphatic heterocycles. The van der Waals surface area contributed by atoms with Crippen molar-refractivity contribution in [2.45, 2.75) is 12.8 Å². The van der Waals surface area contributed by atoms with Gasteiger partial charge in [0, 0.05) is 24.8 Å². The molecule has 1 saturated carbocycles. The summed E-state index contributed by atoms with van der Waals surface area (Å²) in [4.78, 5) is 51.6. The smallest absolute Gasteiger partial charge is 0.307 e. The van der Waals surface area contributed by atoms with Crippen molar-refractivity contribution in [3.8, 4) is 11.1 Å². The zero-order chi connectivity index (χ0) is 22.3. The molecule has 0 saturated heterocycles. The van der Waals surface area contributed by atoms with Gasteiger partial charge in [0.05, 0.1) is 23.7 Å². The Morgan fingerprint density at radius 1 is 0.567 bits per heavy atom. The number of carbonyl (C=O) groups is 4. The summed E-state index contributed by atoms with van der Waals surface area (Å²) in [5.41, 5.74) is 2.35. The van der Waals surface area contributed by atoms with Gasteiger partial charge in [0.25, 0.3) is 0 Å². The summed E-state index contributed by atoms with van der Waals surface area (Å²) in [6.07, 6.45) is 6.17. The van der Waals surface area contributed by atoms with E-state index in [1.165, 1.54) is 11.1 Å². The quantitative estimate of drug-likeness (QED) is 0.561. The van der Waals surface area contributed by atoms with Crippen LogP contribution < -0.4 is 0 Å². The Hall–Kier alpha value is -3.82. The summed E-state index contributed by atoms with van der Waals surface area (Å²) in [5, 5.41) is 35.5. The van der Waals surface area contributed by atoms with Crippen LogP contribution in [0.2, 0.25) is 0 Å². The van der Waals surface area contributed by atoms with Crippen molar-refractivity contribution < 1.29 is 39.6 Å². The molecule has 0 aromatic carbocycles. The van der Waals surface area contributed by atoms with Crippen LogP contribution in [0.4, 0.5) is 0 Å². The number of hydrogen-bond acceptors (Lipinski definition) is 6. The average Bonchev–Trinajstić information content (AvgIpc) is 2.74. The highest BCUT2D eigenvalue weighted by Crippen LogP contribution is 2.39. The van der Waals surface area contributed by atoms with Gasteiger partial charge in [0.15, 0.2) is 0 Å². The van der Waals surface area contributed by atoms with Gasteiger partial charge in [0.1, 0.15) is 0 Å². The summed E-state index contributed by atoms with van der Waals surface area (Å²) in [6.45, 7) is 0. The largest absolute Gasteiger partial charge is 0.481 e. The zero-order valence-corrected chi connectivity index (χ0v) is 15.7. The number of aliphatic carboxylic acids is 4. The summed E-state index contributed by atoms with van der Waals surface area (Å²) in [6, 6.07) is 7.93. The minimum Gasteiger partial charge on any atom is -0.481 e. The van der Waals surface area contributed by atoms with Crippen molar-refractivity contribution >= 4 is 23.9 Å². The molecule has 4 atom stereocenters. The van der Waals surface area contributed by atoms with Crippen LogP contribution in [0.3, 0.4) is 0 Å². The third kappa shape index (κ3) is 5.60. The van der Waals surface area contributed by atoms with Gasteiger partial charge in [-0.2, -0.15) is 0 Å². The molecule has 0 bridgehead atoms. The predicted molar refractivity (Wildman–Crippen MR) is 101 cm³/mol. The van der Waals surface area contributed by atoms with Crippen LogP contribution in [0.1, 0.15) is 12.8 Å². The Morgan fingerprint density at radius 2 is 0.800 bits per heavy atom. The molecule has 2 aromatic rings. The van der Waals surface area contributed by atoms with Gasteiger partial charge in [-0.05, 0) is 48.2 Å². The van der Waals surface area contributed by atoms with Gasteiger partial charge in [-0.3, -0.25) is 29.1 Å². The molecule has 0 amide bonds. The molecule has 1 fully saturated rings. The number of carboxylic acid groups (broad SMARTS) is 4. The lowest BCUT2D eigenvalue weighted by Gasteiger charge is -2.33. The highest BCUT2D eigenvalue weighted by Gasteiger charge is 2.49. The molecule has 158 valence electrons. The second-order valence-corrected chi connectivity index (χ2v) is 6.72. The molecule has 0 spiro atoms. The van der Waals surface area contributed by atoms with Crippen molar-refractivity contribution in [1.82, 2.24) is 9.97 Å². The lowest BCUT2D eigenvalue weighted by molar-refractivity contribution is -0.167. The lowest BCUT2D eigenvalue weighted by Crippen LogP contribution is -2.44. The van der Waals surface area contributed by atoms with Crippen molar-refractivity contribution in [2.24, 2.45) is 23.7 Å². The first-order valence-corrected chi connectivity index (χ1v) is 8.94. The van der Waals surface area contributed by atoms with Crippen LogP contribution in [0.15, 0.2) is 49.1 Å². The Morgan fingerprint density at radius 3 is 1.00 bits per heavy atom. The topological polar surface area (TPSA) is 175 Å². The molecule has 2 heterocycles. The molecular weight excluding hydrogens is 396 g/mol. The Bertz CT molecular complexity index is 792. The third-order valence-electron chi connectivity index (χ3n) is 4.95. The van der Waals surface area contributed by atoms with Crippen molar-refractivity contribution in [2.75, 3.05) is 0 Å². The van der Waals surface area contributed by atoms with E-state index < -0.39 is 60.4 Å². The molecule has 10 heteroatoms. The fourth-order valence-corrected chi connectivity index (χ4v) is 3.38. The third-order valence-corrected chi connectivity index (χ3v) is 4.95. The first kappa shape index (κ1) is 22.5. The van der Waals surface area contributed by atoms with Gasteiger partial charge in [-0.25, -0.2) is 0 Å². The Kier molecular flexibility index (Phi) is 7.56. The molecule has 2 aromatic heterocycles. The first-order valence-electron chi connectivity index (χ1n) is 8.94. The molecule has 30 heavy (non-hydrogen) atoms. The zero-order valence-electron chi connectivity index (χ0n) is 15.7. The van der Waals surface area contributed by atoms with Crippen molar-refractivity contribution in [1.29, 1.82) is 0 Å². The molecule has 4 N–H and O–H groups in total. The van der Waals surface area contributed by atoms with Crippen LogP contribution in [-0.2, 0) is 19.2 Å². The summed E-state index contributed by atoms with van der Waals surface area (Å²) < 4.78 is 0. The second-order valence-electron chi connectivity index (χ2n) is 6.72. The molecule has 1 aliphatic carbocycles. The fraction of sp³-hybridized carbons (Fsp3) is 0.300. The highest BCUT2D eigenvalue weighted by molar-refractivity contribution is 5.85. The summed E-state index contributed by atoms with van der Waals surface area (Å²) in [7, 11) is 0. The molecule has 3 rings (SSSR count). The average molecular weight is 416 g/mol. The summed E-state index contributed by atoms with van der Waals surface area (Å²) in [5.74, 6) is -11.2. The number of carboxylic acids is 4. The number of nitrogens with zero attached hydrogens (tertiary/aromatic N) is 2. The van der Waals surface area contributed by atoms with Gasteiger partial charge in [-0.1, -0.05) is 0 Å². The van der Waals surface area contributed by atoms with Crippen molar-refractivity contribution in [3.63, 3.8) is 0 Å². The number of rotatable bonds is 5. The Labute approximate surface area is 170 Å². The van der Waals surface area contributed by atoms with E-state index in [-0.39, 0.29) is 0 Å². The maximum atomic E-state index is 10.9. The predicted octanol–water partition coefficient (Wildman–Crippen LogP) is 1.73. The fourth-order valence-electron chi connectivity index (χ4n) is 3.38. The normalized spacial score (nSPS) is 22.8. The van der Waals surface area contributed by atoms with Crippen LogP contribution in [0.5, 0.6) is 0 Å². The lowest BCUT2D eigenvalue weighted by atomic mass is 9.68. The standard InChI is InChI=1S/C10H8N2.C10H12O8/c1-5-11-6-2-9(1)10-3-7-12-8-4-10;11-7(12)3-1-4(8(13)14)6(10(17)18)2-5(3)9(15)16/h1-8H;3-6H,1-2H2,(H,11,12)(H,13,14)(H,15,16)(H,17,18)/t;3-,4+,5+,6-. The van der Waals surface area contributed by atoms with E-state index >= 15 is 0 Å². The van der Waals surface area contributed by atoms with Gasteiger partial charge >= 0.3 is 23.9 Å². The molecule has 1 aliphatic rings. The number of pyridine rings is 2. The first-order chi connectivity index (χ1) is 14.2. The van der Waals surface area contributed by atoms with Gasteiger partial charge in [-0.15, -0.1) is 0 Å². The van der Waals surface area contributed by atoms with E-state index in [4.69, 9.17) is 20.4 Å². The van der Waals surface area contributed by atoms with Crippen LogP contribution >= 0.6 is 0 Å².